The molecule has 0 spiro atoms. The van der Waals surface area contributed by atoms with E-state index < -0.39 is 11.4 Å². The van der Waals surface area contributed by atoms with Crippen molar-refractivity contribution in [3.8, 4) is 0 Å². The van der Waals surface area contributed by atoms with Gasteiger partial charge in [0.2, 0.25) is 5.91 Å². The van der Waals surface area contributed by atoms with Gasteiger partial charge in [0.15, 0.2) is 0 Å². The maximum Gasteiger partial charge on any atom is 0.310 e. The first-order chi connectivity index (χ1) is 8.34. The molecule has 1 aliphatic rings. The number of hydrogen-bond donors (Lipinski definition) is 1. The van der Waals surface area contributed by atoms with Gasteiger partial charge in [-0.15, -0.1) is 0 Å². The lowest BCUT2D eigenvalue weighted by Crippen LogP contribution is -2.45. The number of nitrogens with zero attached hydrogens (tertiary/aromatic N) is 2. The van der Waals surface area contributed by atoms with Crippen LogP contribution >= 0.6 is 0 Å². The van der Waals surface area contributed by atoms with Crippen LogP contribution in [-0.4, -0.2) is 60.0 Å². The number of amides is 1. The summed E-state index contributed by atoms with van der Waals surface area (Å²) in [6.45, 7) is 5.03. The van der Waals surface area contributed by atoms with Crippen molar-refractivity contribution in [2.24, 2.45) is 5.41 Å². The highest BCUT2D eigenvalue weighted by atomic mass is 16.4. The molecule has 5 heteroatoms. The van der Waals surface area contributed by atoms with Crippen LogP contribution in [0.25, 0.3) is 0 Å². The summed E-state index contributed by atoms with van der Waals surface area (Å²) in [5.41, 5.74) is -0.657. The van der Waals surface area contributed by atoms with Crippen molar-refractivity contribution in [3.63, 3.8) is 0 Å². The van der Waals surface area contributed by atoms with Gasteiger partial charge in [-0.05, 0) is 19.8 Å². The number of carbonyl (C=O) groups is 2. The van der Waals surface area contributed by atoms with Crippen molar-refractivity contribution in [3.05, 3.63) is 0 Å². The zero-order valence-corrected chi connectivity index (χ0v) is 11.8. The Morgan fingerprint density at radius 3 is 2.50 bits per heavy atom. The summed E-state index contributed by atoms with van der Waals surface area (Å²) in [6, 6.07) is -0.238. The van der Waals surface area contributed by atoms with Crippen LogP contribution in [0.1, 0.15) is 33.1 Å². The second-order valence-corrected chi connectivity index (χ2v) is 5.46. The number of aliphatic carboxylic acids is 1. The van der Waals surface area contributed by atoms with Gasteiger partial charge in [-0.1, -0.05) is 13.3 Å². The molecule has 1 fully saturated rings. The molecule has 1 amide bonds. The van der Waals surface area contributed by atoms with E-state index in [4.69, 9.17) is 0 Å². The molecule has 0 aromatic heterocycles. The van der Waals surface area contributed by atoms with Crippen LogP contribution in [0.5, 0.6) is 0 Å². The molecule has 1 aliphatic heterocycles. The molecule has 0 aromatic carbocycles. The van der Waals surface area contributed by atoms with E-state index in [0.717, 1.165) is 6.42 Å². The fourth-order valence-corrected chi connectivity index (χ4v) is 2.73. The number of rotatable bonds is 5. The monoisotopic (exact) mass is 256 g/mol. The summed E-state index contributed by atoms with van der Waals surface area (Å²) < 4.78 is 0. The molecule has 0 aliphatic carbocycles. The molecule has 2 unspecified atom stereocenters. The predicted octanol–water partition coefficient (Wildman–Crippen LogP) is 1.04. The van der Waals surface area contributed by atoms with Crippen molar-refractivity contribution < 1.29 is 14.7 Å². The van der Waals surface area contributed by atoms with Crippen LogP contribution in [0.15, 0.2) is 0 Å². The quantitative estimate of drug-likeness (QED) is 0.798. The van der Waals surface area contributed by atoms with Crippen molar-refractivity contribution >= 4 is 11.9 Å². The molecule has 0 saturated carbocycles. The molecule has 18 heavy (non-hydrogen) atoms. The van der Waals surface area contributed by atoms with Gasteiger partial charge < -0.3 is 10.0 Å². The van der Waals surface area contributed by atoms with E-state index >= 15 is 0 Å². The largest absolute Gasteiger partial charge is 0.481 e. The average molecular weight is 256 g/mol. The lowest BCUT2D eigenvalue weighted by molar-refractivity contribution is -0.149. The van der Waals surface area contributed by atoms with Crippen LogP contribution in [0.4, 0.5) is 0 Å². The van der Waals surface area contributed by atoms with E-state index in [9.17, 15) is 14.7 Å². The number of likely N-dealkylation sites (tertiary alicyclic amines) is 1. The van der Waals surface area contributed by atoms with Crippen LogP contribution in [-0.2, 0) is 9.59 Å². The maximum atomic E-state index is 11.9. The van der Waals surface area contributed by atoms with E-state index in [1.165, 1.54) is 0 Å². The Balaban J connectivity index is 2.75. The number of likely N-dealkylation sites (N-methyl/N-ethyl adjacent to an activating group) is 1. The molecule has 0 aromatic rings. The SMILES string of the molecule is CCCC1(C(=O)O)CCN(C(C)C(=O)N(C)C)C1. The van der Waals surface area contributed by atoms with Gasteiger partial charge in [0, 0.05) is 27.2 Å². The molecule has 2 atom stereocenters. The molecule has 1 saturated heterocycles. The summed E-state index contributed by atoms with van der Waals surface area (Å²) >= 11 is 0. The summed E-state index contributed by atoms with van der Waals surface area (Å²) in [4.78, 5) is 26.9. The minimum atomic E-state index is -0.726. The topological polar surface area (TPSA) is 60.9 Å². The molecule has 0 bridgehead atoms. The Hall–Kier alpha value is -1.10. The highest BCUT2D eigenvalue weighted by molar-refractivity contribution is 5.81. The third-order valence-electron chi connectivity index (χ3n) is 3.91. The number of carboxylic acid groups (broad SMARTS) is 1. The molecule has 0 radical (unpaired) electrons. The average Bonchev–Trinajstić information content (AvgIpc) is 2.73. The highest BCUT2D eigenvalue weighted by Gasteiger charge is 2.45. The van der Waals surface area contributed by atoms with Crippen LogP contribution < -0.4 is 0 Å². The standard InChI is InChI=1S/C13H24N2O3/c1-5-6-13(12(17)18)7-8-15(9-13)10(2)11(16)14(3)4/h10H,5-9H2,1-4H3,(H,17,18). The van der Waals surface area contributed by atoms with Gasteiger partial charge in [-0.25, -0.2) is 0 Å². The maximum absolute atomic E-state index is 11.9. The first-order valence-corrected chi connectivity index (χ1v) is 6.52. The van der Waals surface area contributed by atoms with Gasteiger partial charge >= 0.3 is 5.97 Å². The van der Waals surface area contributed by atoms with E-state index in [1.54, 1.807) is 19.0 Å². The lowest BCUT2D eigenvalue weighted by Gasteiger charge is -2.28. The van der Waals surface area contributed by atoms with Crippen LogP contribution in [0, 0.1) is 5.41 Å². The normalized spacial score (nSPS) is 26.0. The molecule has 1 N–H and O–H groups in total. The highest BCUT2D eigenvalue weighted by Crippen LogP contribution is 2.36. The molecule has 5 nitrogen and oxygen atoms in total. The van der Waals surface area contributed by atoms with Crippen molar-refractivity contribution in [2.45, 2.75) is 39.2 Å². The second kappa shape index (κ2) is 5.69. The molecule has 1 heterocycles. The Morgan fingerprint density at radius 2 is 2.06 bits per heavy atom. The second-order valence-electron chi connectivity index (χ2n) is 5.46. The van der Waals surface area contributed by atoms with Gasteiger partial charge in [0.05, 0.1) is 11.5 Å². The van der Waals surface area contributed by atoms with Gasteiger partial charge in [-0.2, -0.15) is 0 Å². The zero-order valence-electron chi connectivity index (χ0n) is 11.8. The third kappa shape index (κ3) is 2.83. The summed E-state index contributed by atoms with van der Waals surface area (Å²) in [5, 5.41) is 9.42. The van der Waals surface area contributed by atoms with Crippen molar-refractivity contribution in [1.29, 1.82) is 0 Å². The smallest absolute Gasteiger partial charge is 0.310 e. The molecule has 1 rings (SSSR count). The summed E-state index contributed by atoms with van der Waals surface area (Å²) in [6.07, 6.45) is 2.18. The summed E-state index contributed by atoms with van der Waals surface area (Å²) in [5.74, 6) is -0.691. The Labute approximate surface area is 109 Å². The van der Waals surface area contributed by atoms with Gasteiger partial charge in [0.25, 0.3) is 0 Å². The van der Waals surface area contributed by atoms with E-state index in [2.05, 4.69) is 0 Å². The summed E-state index contributed by atoms with van der Waals surface area (Å²) in [7, 11) is 3.46. The van der Waals surface area contributed by atoms with Gasteiger partial charge in [-0.3, -0.25) is 14.5 Å². The molecular weight excluding hydrogens is 232 g/mol. The Morgan fingerprint density at radius 1 is 1.44 bits per heavy atom. The number of hydrogen-bond acceptors (Lipinski definition) is 3. The third-order valence-corrected chi connectivity index (χ3v) is 3.91. The van der Waals surface area contributed by atoms with E-state index in [0.29, 0.717) is 25.9 Å². The Kier molecular flexibility index (Phi) is 4.73. The minimum absolute atomic E-state index is 0.0349. The molecule has 104 valence electrons. The van der Waals surface area contributed by atoms with Crippen molar-refractivity contribution in [1.82, 2.24) is 9.80 Å². The zero-order chi connectivity index (χ0) is 13.9. The first kappa shape index (κ1) is 15.0. The molecular formula is C13H24N2O3. The predicted molar refractivity (Wildman–Crippen MR) is 69.3 cm³/mol. The van der Waals surface area contributed by atoms with Crippen molar-refractivity contribution in [2.75, 3.05) is 27.2 Å². The van der Waals surface area contributed by atoms with Gasteiger partial charge in [0.1, 0.15) is 0 Å². The lowest BCUT2D eigenvalue weighted by atomic mass is 9.83. The van der Waals surface area contributed by atoms with Crippen LogP contribution in [0.2, 0.25) is 0 Å². The van der Waals surface area contributed by atoms with Crippen LogP contribution in [0.3, 0.4) is 0 Å². The van der Waals surface area contributed by atoms with E-state index in [-0.39, 0.29) is 11.9 Å². The van der Waals surface area contributed by atoms with E-state index in [1.807, 2.05) is 18.7 Å². The Bertz CT molecular complexity index is 330. The fraction of sp³-hybridized carbons (Fsp3) is 0.846. The number of carboxylic acids is 1. The first-order valence-electron chi connectivity index (χ1n) is 6.52. The number of carbonyl (C=O) groups excluding carboxylic acids is 1. The minimum Gasteiger partial charge on any atom is -0.481 e. The fourth-order valence-electron chi connectivity index (χ4n) is 2.73.